The lowest BCUT2D eigenvalue weighted by molar-refractivity contribution is 0.0313. The Balaban J connectivity index is 1.27. The first-order valence-electron chi connectivity index (χ1n) is 9.14. The van der Waals surface area contributed by atoms with E-state index in [2.05, 4.69) is 16.3 Å². The van der Waals surface area contributed by atoms with Crippen LogP contribution < -0.4 is 10.1 Å². The average Bonchev–Trinajstić information content (AvgIpc) is 3.15. The number of para-hydroxylation sites is 1. The normalized spacial score (nSPS) is 20.2. The number of amides is 1. The van der Waals surface area contributed by atoms with E-state index in [-0.39, 0.29) is 11.8 Å². The van der Waals surface area contributed by atoms with Crippen LogP contribution in [0, 0.1) is 5.92 Å². The fraction of sp³-hybridized carbons (Fsp3) is 0.450. The zero-order valence-electron chi connectivity index (χ0n) is 14.8. The number of rotatable bonds is 5. The Morgan fingerprint density at radius 1 is 1.23 bits per heavy atom. The molecular formula is C20H24N2O4. The van der Waals surface area contributed by atoms with E-state index in [4.69, 9.17) is 13.9 Å². The molecule has 0 aliphatic carbocycles. The van der Waals surface area contributed by atoms with Crippen LogP contribution in [0.3, 0.4) is 0 Å². The predicted octanol–water partition coefficient (Wildman–Crippen LogP) is 2.09. The van der Waals surface area contributed by atoms with Gasteiger partial charge in [0.1, 0.15) is 17.8 Å². The molecule has 2 aliphatic heterocycles. The summed E-state index contributed by atoms with van der Waals surface area (Å²) in [6.07, 6.45) is 2.46. The molecule has 6 nitrogen and oxygen atoms in total. The maximum absolute atomic E-state index is 12.4. The van der Waals surface area contributed by atoms with Gasteiger partial charge in [0.2, 0.25) is 0 Å². The Labute approximate surface area is 153 Å². The lowest BCUT2D eigenvalue weighted by atomic mass is 9.97. The number of ether oxygens (including phenoxy) is 2. The van der Waals surface area contributed by atoms with E-state index < -0.39 is 0 Å². The third-order valence-electron chi connectivity index (χ3n) is 4.91. The maximum Gasteiger partial charge on any atom is 0.254 e. The van der Waals surface area contributed by atoms with Crippen LogP contribution in [0.25, 0.3) is 0 Å². The molecule has 1 aromatic heterocycles. The van der Waals surface area contributed by atoms with Gasteiger partial charge in [0, 0.05) is 25.6 Å². The minimum Gasteiger partial charge on any atom is -0.493 e. The molecule has 1 saturated heterocycles. The molecule has 2 aliphatic rings. The first-order chi connectivity index (χ1) is 12.8. The van der Waals surface area contributed by atoms with E-state index in [9.17, 15) is 4.79 Å². The van der Waals surface area contributed by atoms with Crippen LogP contribution in [0.4, 0.5) is 0 Å². The number of carbonyl (C=O) groups is 1. The minimum atomic E-state index is -0.0964. The van der Waals surface area contributed by atoms with Crippen molar-refractivity contribution in [3.05, 3.63) is 53.5 Å². The summed E-state index contributed by atoms with van der Waals surface area (Å²) in [5, 5.41) is 3.00. The van der Waals surface area contributed by atoms with Crippen molar-refractivity contribution in [2.45, 2.75) is 13.0 Å². The summed E-state index contributed by atoms with van der Waals surface area (Å²) < 4.78 is 16.7. The van der Waals surface area contributed by atoms with Gasteiger partial charge in [0.05, 0.1) is 31.9 Å². The number of hydrogen-bond acceptors (Lipinski definition) is 5. The summed E-state index contributed by atoms with van der Waals surface area (Å²) in [7, 11) is 0. The molecule has 2 aromatic rings. The van der Waals surface area contributed by atoms with Crippen molar-refractivity contribution in [1.82, 2.24) is 10.2 Å². The Bertz CT molecular complexity index is 752. The molecular weight excluding hydrogens is 332 g/mol. The molecule has 3 heterocycles. The van der Waals surface area contributed by atoms with Crippen LogP contribution in [-0.2, 0) is 17.7 Å². The smallest absolute Gasteiger partial charge is 0.254 e. The van der Waals surface area contributed by atoms with Gasteiger partial charge in [-0.05, 0) is 24.1 Å². The average molecular weight is 356 g/mol. The molecule has 0 spiro atoms. The maximum atomic E-state index is 12.4. The number of furan rings is 1. The highest BCUT2D eigenvalue weighted by molar-refractivity contribution is 5.93. The molecule has 1 fully saturated rings. The number of morpholine rings is 1. The van der Waals surface area contributed by atoms with E-state index in [0.717, 1.165) is 44.2 Å². The van der Waals surface area contributed by atoms with Crippen molar-refractivity contribution in [1.29, 1.82) is 0 Å². The van der Waals surface area contributed by atoms with Crippen molar-refractivity contribution in [3.63, 3.8) is 0 Å². The molecule has 6 heteroatoms. The second kappa shape index (κ2) is 7.93. The van der Waals surface area contributed by atoms with Gasteiger partial charge < -0.3 is 19.2 Å². The zero-order valence-corrected chi connectivity index (χ0v) is 14.8. The van der Waals surface area contributed by atoms with Crippen LogP contribution in [0.5, 0.6) is 5.75 Å². The Morgan fingerprint density at radius 3 is 2.96 bits per heavy atom. The third kappa shape index (κ3) is 4.08. The van der Waals surface area contributed by atoms with E-state index in [1.807, 2.05) is 24.3 Å². The van der Waals surface area contributed by atoms with Gasteiger partial charge in [-0.15, -0.1) is 0 Å². The number of carbonyl (C=O) groups excluding carboxylic acids is 1. The van der Waals surface area contributed by atoms with Gasteiger partial charge in [0.15, 0.2) is 0 Å². The predicted molar refractivity (Wildman–Crippen MR) is 96.3 cm³/mol. The summed E-state index contributed by atoms with van der Waals surface area (Å²) in [4.78, 5) is 14.7. The van der Waals surface area contributed by atoms with Crippen LogP contribution in [0.15, 0.2) is 41.0 Å². The number of benzene rings is 1. The van der Waals surface area contributed by atoms with Gasteiger partial charge in [-0.1, -0.05) is 18.2 Å². The van der Waals surface area contributed by atoms with Crippen LogP contribution in [-0.4, -0.2) is 50.3 Å². The minimum absolute atomic E-state index is 0.0964. The zero-order chi connectivity index (χ0) is 17.8. The van der Waals surface area contributed by atoms with E-state index in [1.54, 1.807) is 0 Å². The van der Waals surface area contributed by atoms with Gasteiger partial charge in [-0.3, -0.25) is 9.69 Å². The largest absolute Gasteiger partial charge is 0.493 e. The standard InChI is InChI=1S/C20H24N2O4/c23-20(17-10-18(25-14-17)12-22-5-7-24-8-6-22)21-11-15-9-16-3-1-2-4-19(16)26-13-15/h1-4,10,14-15H,5-9,11-13H2,(H,21,23). The van der Waals surface area contributed by atoms with Crippen molar-refractivity contribution in [2.75, 3.05) is 39.5 Å². The van der Waals surface area contributed by atoms with Gasteiger partial charge >= 0.3 is 0 Å². The topological polar surface area (TPSA) is 63.9 Å². The molecule has 1 aromatic carbocycles. The van der Waals surface area contributed by atoms with Crippen LogP contribution in [0.2, 0.25) is 0 Å². The molecule has 26 heavy (non-hydrogen) atoms. The highest BCUT2D eigenvalue weighted by Gasteiger charge is 2.21. The number of nitrogens with one attached hydrogen (secondary N) is 1. The number of fused-ring (bicyclic) bond motifs is 1. The SMILES string of the molecule is O=C(NCC1COc2ccccc2C1)c1coc(CN2CCOCC2)c1. The van der Waals surface area contributed by atoms with Gasteiger partial charge in [-0.2, -0.15) is 0 Å². The highest BCUT2D eigenvalue weighted by Crippen LogP contribution is 2.26. The summed E-state index contributed by atoms with van der Waals surface area (Å²) >= 11 is 0. The molecule has 138 valence electrons. The first-order valence-corrected chi connectivity index (χ1v) is 9.14. The van der Waals surface area contributed by atoms with Crippen molar-refractivity contribution < 1.29 is 18.7 Å². The Kier molecular flexibility index (Phi) is 5.22. The molecule has 0 bridgehead atoms. The highest BCUT2D eigenvalue weighted by atomic mass is 16.5. The fourth-order valence-corrected chi connectivity index (χ4v) is 3.42. The monoisotopic (exact) mass is 356 g/mol. The first kappa shape index (κ1) is 17.1. The molecule has 1 atom stereocenters. The number of nitrogens with zero attached hydrogens (tertiary/aromatic N) is 1. The number of hydrogen-bond donors (Lipinski definition) is 1. The quantitative estimate of drug-likeness (QED) is 0.889. The molecule has 4 rings (SSSR count). The summed E-state index contributed by atoms with van der Waals surface area (Å²) in [6, 6.07) is 9.90. The summed E-state index contributed by atoms with van der Waals surface area (Å²) in [5.74, 6) is 1.96. The van der Waals surface area contributed by atoms with Crippen LogP contribution >= 0.6 is 0 Å². The second-order valence-corrected chi connectivity index (χ2v) is 6.89. The molecule has 0 radical (unpaired) electrons. The fourth-order valence-electron chi connectivity index (χ4n) is 3.42. The van der Waals surface area contributed by atoms with Crippen molar-refractivity contribution >= 4 is 5.91 Å². The van der Waals surface area contributed by atoms with Crippen LogP contribution in [0.1, 0.15) is 21.7 Å². The second-order valence-electron chi connectivity index (χ2n) is 6.89. The molecule has 1 N–H and O–H groups in total. The molecule has 1 amide bonds. The van der Waals surface area contributed by atoms with E-state index in [0.29, 0.717) is 25.3 Å². The van der Waals surface area contributed by atoms with E-state index in [1.165, 1.54) is 11.8 Å². The Morgan fingerprint density at radius 2 is 2.08 bits per heavy atom. The lowest BCUT2D eigenvalue weighted by Crippen LogP contribution is -2.35. The molecule has 1 unspecified atom stereocenters. The summed E-state index contributed by atoms with van der Waals surface area (Å²) in [5.41, 5.74) is 1.78. The summed E-state index contributed by atoms with van der Waals surface area (Å²) in [6.45, 7) is 5.23. The molecule has 0 saturated carbocycles. The lowest BCUT2D eigenvalue weighted by Gasteiger charge is -2.25. The van der Waals surface area contributed by atoms with Gasteiger partial charge in [0.25, 0.3) is 5.91 Å². The van der Waals surface area contributed by atoms with E-state index >= 15 is 0 Å². The Hall–Kier alpha value is -2.31. The third-order valence-corrected chi connectivity index (χ3v) is 4.91. The van der Waals surface area contributed by atoms with Crippen molar-refractivity contribution in [2.24, 2.45) is 5.92 Å². The van der Waals surface area contributed by atoms with Gasteiger partial charge in [-0.25, -0.2) is 0 Å². The van der Waals surface area contributed by atoms with Crippen molar-refractivity contribution in [3.8, 4) is 5.75 Å².